The Bertz CT molecular complexity index is 755. The standard InChI is InChI=1S/C16H21F3N6/c1-9-4-5-11(6-9)25-8-13(10(2)24-25)22-15-21-7-12(16(17,18)19)14(20-3)23-15/h7-9,11H,4-6H2,1-3H3,(H2,20,21,22,23)/t9-,11?/m0/s1. The van der Waals surface area contributed by atoms with Crippen molar-refractivity contribution in [3.63, 3.8) is 0 Å². The van der Waals surface area contributed by atoms with Gasteiger partial charge in [-0.1, -0.05) is 6.92 Å². The summed E-state index contributed by atoms with van der Waals surface area (Å²) in [5.74, 6) is 0.516. The van der Waals surface area contributed by atoms with Gasteiger partial charge < -0.3 is 10.6 Å². The zero-order chi connectivity index (χ0) is 18.2. The van der Waals surface area contributed by atoms with Crippen LogP contribution in [0.1, 0.15) is 43.5 Å². The number of anilines is 3. The van der Waals surface area contributed by atoms with Crippen LogP contribution in [0.15, 0.2) is 12.4 Å². The molecule has 2 aromatic heterocycles. The smallest absolute Gasteiger partial charge is 0.372 e. The van der Waals surface area contributed by atoms with E-state index in [9.17, 15) is 13.2 Å². The van der Waals surface area contributed by atoms with Gasteiger partial charge in [0.1, 0.15) is 11.4 Å². The first-order chi connectivity index (χ1) is 11.8. The predicted octanol–water partition coefficient (Wildman–Crippen LogP) is 4.15. The quantitative estimate of drug-likeness (QED) is 0.863. The molecule has 0 aliphatic heterocycles. The van der Waals surface area contributed by atoms with E-state index >= 15 is 0 Å². The molecule has 0 bridgehead atoms. The number of hydrogen-bond donors (Lipinski definition) is 2. The van der Waals surface area contributed by atoms with Gasteiger partial charge in [0.05, 0.1) is 17.4 Å². The Balaban J connectivity index is 1.82. The van der Waals surface area contributed by atoms with Crippen LogP contribution in [0.25, 0.3) is 0 Å². The van der Waals surface area contributed by atoms with Crippen LogP contribution in [-0.4, -0.2) is 26.8 Å². The molecule has 1 saturated carbocycles. The summed E-state index contributed by atoms with van der Waals surface area (Å²) < 4.78 is 40.7. The van der Waals surface area contributed by atoms with Gasteiger partial charge >= 0.3 is 6.18 Å². The molecule has 0 radical (unpaired) electrons. The van der Waals surface area contributed by atoms with Crippen molar-refractivity contribution in [2.24, 2.45) is 5.92 Å². The van der Waals surface area contributed by atoms with Crippen molar-refractivity contribution in [1.29, 1.82) is 0 Å². The Kier molecular flexibility index (Phi) is 4.57. The highest BCUT2D eigenvalue weighted by Gasteiger charge is 2.35. The van der Waals surface area contributed by atoms with Crippen molar-refractivity contribution in [3.05, 3.63) is 23.7 Å². The Morgan fingerprint density at radius 3 is 2.64 bits per heavy atom. The van der Waals surface area contributed by atoms with E-state index < -0.39 is 11.7 Å². The lowest BCUT2D eigenvalue weighted by molar-refractivity contribution is -0.137. The van der Waals surface area contributed by atoms with Crippen LogP contribution in [0.4, 0.5) is 30.6 Å². The molecule has 0 amide bonds. The van der Waals surface area contributed by atoms with Crippen LogP contribution in [0.5, 0.6) is 0 Å². The number of hydrogen-bond acceptors (Lipinski definition) is 5. The normalized spacial score (nSPS) is 20.7. The molecule has 0 aromatic carbocycles. The minimum atomic E-state index is -4.50. The van der Waals surface area contributed by atoms with Gasteiger partial charge in [-0.2, -0.15) is 23.3 Å². The van der Waals surface area contributed by atoms with Gasteiger partial charge in [0.2, 0.25) is 5.95 Å². The Labute approximate surface area is 143 Å². The minimum absolute atomic E-state index is 0.0970. The second kappa shape index (κ2) is 6.53. The number of nitrogens with one attached hydrogen (secondary N) is 2. The third-order valence-corrected chi connectivity index (χ3v) is 4.54. The molecule has 25 heavy (non-hydrogen) atoms. The summed E-state index contributed by atoms with van der Waals surface area (Å²) in [6, 6.07) is 0.366. The first-order valence-electron chi connectivity index (χ1n) is 8.22. The summed E-state index contributed by atoms with van der Waals surface area (Å²) in [4.78, 5) is 7.71. The molecular formula is C16H21F3N6. The average molecular weight is 354 g/mol. The molecule has 1 aliphatic carbocycles. The van der Waals surface area contributed by atoms with Gasteiger partial charge in [0.25, 0.3) is 0 Å². The van der Waals surface area contributed by atoms with Gasteiger partial charge in [-0.3, -0.25) is 4.68 Å². The molecule has 9 heteroatoms. The third kappa shape index (κ3) is 3.69. The molecule has 1 fully saturated rings. The molecule has 2 atom stereocenters. The van der Waals surface area contributed by atoms with Crippen molar-refractivity contribution in [2.45, 2.75) is 45.3 Å². The monoisotopic (exact) mass is 354 g/mol. The molecule has 0 spiro atoms. The fraction of sp³-hybridized carbons (Fsp3) is 0.562. The van der Waals surface area contributed by atoms with Crippen LogP contribution in [-0.2, 0) is 6.18 Å². The van der Waals surface area contributed by atoms with Gasteiger partial charge in [0, 0.05) is 19.4 Å². The second-order valence-electron chi connectivity index (χ2n) is 6.51. The van der Waals surface area contributed by atoms with Gasteiger partial charge in [-0.05, 0) is 32.1 Å². The molecular weight excluding hydrogens is 333 g/mol. The van der Waals surface area contributed by atoms with Crippen molar-refractivity contribution in [1.82, 2.24) is 19.7 Å². The van der Waals surface area contributed by atoms with Crippen molar-refractivity contribution in [3.8, 4) is 0 Å². The van der Waals surface area contributed by atoms with Crippen LogP contribution in [0.2, 0.25) is 0 Å². The number of aryl methyl sites for hydroxylation is 1. The lowest BCUT2D eigenvalue weighted by atomic mass is 10.1. The van der Waals surface area contributed by atoms with Crippen molar-refractivity contribution < 1.29 is 13.2 Å². The first-order valence-corrected chi connectivity index (χ1v) is 8.22. The van der Waals surface area contributed by atoms with Crippen LogP contribution >= 0.6 is 0 Å². The zero-order valence-corrected chi connectivity index (χ0v) is 14.4. The number of rotatable bonds is 4. The summed E-state index contributed by atoms with van der Waals surface area (Å²) in [5.41, 5.74) is 0.559. The van der Waals surface area contributed by atoms with Gasteiger partial charge in [-0.25, -0.2) is 4.98 Å². The fourth-order valence-electron chi connectivity index (χ4n) is 3.17. The number of nitrogens with zero attached hydrogens (tertiary/aromatic N) is 4. The van der Waals surface area contributed by atoms with Crippen molar-refractivity contribution in [2.75, 3.05) is 17.7 Å². The highest BCUT2D eigenvalue weighted by atomic mass is 19.4. The van der Waals surface area contributed by atoms with E-state index in [1.54, 1.807) is 0 Å². The van der Waals surface area contributed by atoms with E-state index in [0.717, 1.165) is 24.7 Å². The Morgan fingerprint density at radius 2 is 2.04 bits per heavy atom. The Hall–Kier alpha value is -2.32. The van der Waals surface area contributed by atoms with Crippen molar-refractivity contribution >= 4 is 17.5 Å². The van der Waals surface area contributed by atoms with E-state index in [1.807, 2.05) is 17.8 Å². The van der Waals surface area contributed by atoms with Crippen LogP contribution in [0.3, 0.4) is 0 Å². The maximum atomic E-state index is 12.9. The summed E-state index contributed by atoms with van der Waals surface area (Å²) in [7, 11) is 1.39. The van der Waals surface area contributed by atoms with Gasteiger partial charge in [0.15, 0.2) is 0 Å². The van der Waals surface area contributed by atoms with E-state index in [4.69, 9.17) is 0 Å². The molecule has 136 valence electrons. The third-order valence-electron chi connectivity index (χ3n) is 4.54. The SMILES string of the molecule is CNc1nc(Nc2cn(C3CC[C@H](C)C3)nc2C)ncc1C(F)(F)F. The molecule has 3 rings (SSSR count). The topological polar surface area (TPSA) is 67.7 Å². The highest BCUT2D eigenvalue weighted by Crippen LogP contribution is 2.36. The van der Waals surface area contributed by atoms with Crippen LogP contribution < -0.4 is 10.6 Å². The molecule has 6 nitrogen and oxygen atoms in total. The minimum Gasteiger partial charge on any atom is -0.372 e. The highest BCUT2D eigenvalue weighted by molar-refractivity contribution is 5.57. The molecule has 1 aliphatic rings. The first kappa shape index (κ1) is 17.5. The van der Waals surface area contributed by atoms with E-state index in [2.05, 4.69) is 32.6 Å². The van der Waals surface area contributed by atoms with Crippen LogP contribution in [0, 0.1) is 12.8 Å². The number of alkyl halides is 3. The maximum Gasteiger partial charge on any atom is 0.421 e. The average Bonchev–Trinajstić information content (AvgIpc) is 3.12. The van der Waals surface area contributed by atoms with E-state index in [1.165, 1.54) is 13.5 Å². The Morgan fingerprint density at radius 1 is 1.28 bits per heavy atom. The lowest BCUT2D eigenvalue weighted by Crippen LogP contribution is -2.12. The summed E-state index contributed by atoms with van der Waals surface area (Å²) in [6.07, 6.45) is 1.50. The fourth-order valence-corrected chi connectivity index (χ4v) is 3.17. The molecule has 2 N–H and O–H groups in total. The number of aromatic nitrogens is 4. The molecule has 2 heterocycles. The molecule has 0 saturated heterocycles. The second-order valence-corrected chi connectivity index (χ2v) is 6.51. The van der Waals surface area contributed by atoms with E-state index in [0.29, 0.717) is 17.6 Å². The zero-order valence-electron chi connectivity index (χ0n) is 14.4. The molecule has 1 unspecified atom stereocenters. The number of halogens is 3. The molecule has 2 aromatic rings. The summed E-state index contributed by atoms with van der Waals surface area (Å²) in [6.45, 7) is 4.07. The van der Waals surface area contributed by atoms with Gasteiger partial charge in [-0.15, -0.1) is 0 Å². The predicted molar refractivity (Wildman–Crippen MR) is 88.9 cm³/mol. The summed E-state index contributed by atoms with van der Waals surface area (Å²) in [5, 5.41) is 9.96. The maximum absolute atomic E-state index is 12.9. The van der Waals surface area contributed by atoms with E-state index in [-0.39, 0.29) is 11.8 Å². The summed E-state index contributed by atoms with van der Waals surface area (Å²) >= 11 is 0. The lowest BCUT2D eigenvalue weighted by Gasteiger charge is -2.12. The largest absolute Gasteiger partial charge is 0.421 e.